The summed E-state index contributed by atoms with van der Waals surface area (Å²) in [6.45, 7) is 0. The molecule has 0 amide bonds. The van der Waals surface area contributed by atoms with Gasteiger partial charge in [-0.1, -0.05) is 23.2 Å². The first-order chi connectivity index (χ1) is 9.47. The van der Waals surface area contributed by atoms with Crippen LogP contribution in [0.3, 0.4) is 0 Å². The second-order valence-electron chi connectivity index (χ2n) is 3.80. The molecule has 0 aliphatic rings. The van der Waals surface area contributed by atoms with Gasteiger partial charge in [0, 0.05) is 15.1 Å². The summed E-state index contributed by atoms with van der Waals surface area (Å²) in [4.78, 5) is 16.0. The number of hydrogen-bond donors (Lipinski definition) is 1. The van der Waals surface area contributed by atoms with E-state index in [9.17, 15) is 4.79 Å². The van der Waals surface area contributed by atoms with Crippen LogP contribution in [0.5, 0.6) is 0 Å². The number of nitrogens with zero attached hydrogens (tertiary/aromatic N) is 1. The van der Waals surface area contributed by atoms with Crippen molar-refractivity contribution in [1.29, 1.82) is 0 Å². The lowest BCUT2D eigenvalue weighted by atomic mass is 10.2. The van der Waals surface area contributed by atoms with Gasteiger partial charge in [0.15, 0.2) is 0 Å². The highest BCUT2D eigenvalue weighted by atomic mass is 79.9. The SMILES string of the molecule is O=C(O)c1cc(SCc2nc(Cl)ccc2Cl)ccc1Br. The lowest BCUT2D eigenvalue weighted by Gasteiger charge is -2.06. The standard InChI is InChI=1S/C13H8BrCl2NO2S/c14-9-2-1-7(5-8(9)13(18)19)20-6-11-10(15)3-4-12(16)17-11/h1-5H,6H2,(H,18,19). The molecular weight excluding hydrogens is 385 g/mol. The molecule has 1 heterocycles. The topological polar surface area (TPSA) is 50.2 Å². The molecule has 0 saturated heterocycles. The predicted octanol–water partition coefficient (Wildman–Crippen LogP) is 5.14. The molecule has 1 aromatic heterocycles. The van der Waals surface area contributed by atoms with E-state index in [1.807, 2.05) is 6.07 Å². The molecule has 0 bridgehead atoms. The van der Waals surface area contributed by atoms with Crippen LogP contribution >= 0.6 is 50.9 Å². The van der Waals surface area contributed by atoms with Crippen molar-refractivity contribution in [3.8, 4) is 0 Å². The largest absolute Gasteiger partial charge is 0.478 e. The number of thioether (sulfide) groups is 1. The average molecular weight is 393 g/mol. The first-order valence-electron chi connectivity index (χ1n) is 5.44. The number of carbonyl (C=O) groups is 1. The lowest BCUT2D eigenvalue weighted by Crippen LogP contribution is -1.97. The maximum atomic E-state index is 11.1. The first kappa shape index (κ1) is 15.6. The molecule has 7 heteroatoms. The average Bonchev–Trinajstić information content (AvgIpc) is 2.41. The quantitative estimate of drug-likeness (QED) is 0.577. The monoisotopic (exact) mass is 391 g/mol. The van der Waals surface area contributed by atoms with Crippen molar-refractivity contribution < 1.29 is 9.90 Å². The van der Waals surface area contributed by atoms with Gasteiger partial charge in [-0.05, 0) is 46.3 Å². The molecule has 0 saturated carbocycles. The van der Waals surface area contributed by atoms with E-state index in [1.165, 1.54) is 11.8 Å². The summed E-state index contributed by atoms with van der Waals surface area (Å²) in [7, 11) is 0. The van der Waals surface area contributed by atoms with Crippen molar-refractivity contribution in [2.24, 2.45) is 0 Å². The van der Waals surface area contributed by atoms with Crippen LogP contribution in [0.15, 0.2) is 39.7 Å². The summed E-state index contributed by atoms with van der Waals surface area (Å²) in [5.74, 6) is -0.460. The summed E-state index contributed by atoms with van der Waals surface area (Å²) in [6, 6.07) is 8.46. The van der Waals surface area contributed by atoms with Gasteiger partial charge in [0.2, 0.25) is 0 Å². The Hall–Kier alpha value is -0.750. The van der Waals surface area contributed by atoms with Crippen LogP contribution in [0.4, 0.5) is 0 Å². The maximum Gasteiger partial charge on any atom is 0.336 e. The van der Waals surface area contributed by atoms with E-state index in [0.29, 0.717) is 26.1 Å². The number of benzene rings is 1. The third-order valence-electron chi connectivity index (χ3n) is 2.43. The van der Waals surface area contributed by atoms with Gasteiger partial charge in [0.1, 0.15) is 5.15 Å². The minimum atomic E-state index is -0.974. The second-order valence-corrected chi connectivity index (χ2v) is 6.50. The molecule has 1 N–H and O–H groups in total. The van der Waals surface area contributed by atoms with Crippen molar-refractivity contribution in [3.05, 3.63) is 56.2 Å². The van der Waals surface area contributed by atoms with Gasteiger partial charge in [-0.2, -0.15) is 0 Å². The fourth-order valence-corrected chi connectivity index (χ4v) is 3.19. The van der Waals surface area contributed by atoms with E-state index in [1.54, 1.807) is 24.3 Å². The second kappa shape index (κ2) is 6.80. The number of hydrogen-bond acceptors (Lipinski definition) is 3. The number of aromatic nitrogens is 1. The van der Waals surface area contributed by atoms with Crippen LogP contribution in [0.2, 0.25) is 10.2 Å². The van der Waals surface area contributed by atoms with Crippen LogP contribution < -0.4 is 0 Å². The maximum absolute atomic E-state index is 11.1. The van der Waals surface area contributed by atoms with Crippen molar-refractivity contribution in [2.45, 2.75) is 10.6 Å². The Morgan fingerprint density at radius 2 is 2.05 bits per heavy atom. The normalized spacial score (nSPS) is 10.6. The summed E-state index contributed by atoms with van der Waals surface area (Å²) in [5, 5.41) is 9.99. The summed E-state index contributed by atoms with van der Waals surface area (Å²) >= 11 is 16.5. The van der Waals surface area contributed by atoms with Crippen molar-refractivity contribution in [2.75, 3.05) is 0 Å². The molecule has 0 aliphatic carbocycles. The molecule has 1 aromatic carbocycles. The molecule has 104 valence electrons. The van der Waals surface area contributed by atoms with Gasteiger partial charge < -0.3 is 5.11 Å². The number of carboxylic acids is 1. The zero-order valence-electron chi connectivity index (χ0n) is 9.94. The van der Waals surface area contributed by atoms with Crippen LogP contribution in [-0.2, 0) is 5.75 Å². The molecule has 2 rings (SSSR count). The zero-order chi connectivity index (χ0) is 14.7. The molecule has 3 nitrogen and oxygen atoms in total. The smallest absolute Gasteiger partial charge is 0.336 e. The Morgan fingerprint density at radius 1 is 1.30 bits per heavy atom. The zero-order valence-corrected chi connectivity index (χ0v) is 13.9. The highest BCUT2D eigenvalue weighted by molar-refractivity contribution is 9.10. The molecule has 0 spiro atoms. The van der Waals surface area contributed by atoms with Crippen molar-refractivity contribution in [1.82, 2.24) is 4.98 Å². The number of carboxylic acid groups (broad SMARTS) is 1. The van der Waals surface area contributed by atoms with Crippen LogP contribution in [0.25, 0.3) is 0 Å². The molecule has 0 radical (unpaired) electrons. The molecule has 20 heavy (non-hydrogen) atoms. The number of pyridine rings is 1. The van der Waals surface area contributed by atoms with E-state index in [-0.39, 0.29) is 5.56 Å². The third kappa shape index (κ3) is 3.88. The Balaban J connectivity index is 2.17. The Kier molecular flexibility index (Phi) is 5.32. The molecule has 0 unspecified atom stereocenters. The van der Waals surface area contributed by atoms with E-state index < -0.39 is 5.97 Å². The van der Waals surface area contributed by atoms with Gasteiger partial charge >= 0.3 is 5.97 Å². The number of halogens is 3. The van der Waals surface area contributed by atoms with Crippen LogP contribution in [0.1, 0.15) is 16.1 Å². The first-order valence-corrected chi connectivity index (χ1v) is 7.97. The third-order valence-corrected chi connectivity index (χ3v) is 4.68. The predicted molar refractivity (Wildman–Crippen MR) is 84.9 cm³/mol. The Morgan fingerprint density at radius 3 is 2.75 bits per heavy atom. The van der Waals surface area contributed by atoms with Gasteiger partial charge in [-0.25, -0.2) is 9.78 Å². The number of aromatic carboxylic acids is 1. The van der Waals surface area contributed by atoms with Crippen LogP contribution in [-0.4, -0.2) is 16.1 Å². The highest BCUT2D eigenvalue weighted by Crippen LogP contribution is 2.29. The van der Waals surface area contributed by atoms with E-state index in [4.69, 9.17) is 28.3 Å². The van der Waals surface area contributed by atoms with Gasteiger partial charge in [0.05, 0.1) is 16.3 Å². The van der Waals surface area contributed by atoms with E-state index in [2.05, 4.69) is 20.9 Å². The molecule has 0 fully saturated rings. The molecule has 0 aliphatic heterocycles. The lowest BCUT2D eigenvalue weighted by molar-refractivity contribution is 0.0695. The summed E-state index contributed by atoms with van der Waals surface area (Å²) in [5.41, 5.74) is 0.893. The van der Waals surface area contributed by atoms with E-state index >= 15 is 0 Å². The number of rotatable bonds is 4. The Labute approximate surface area is 138 Å². The minimum absolute atomic E-state index is 0.222. The van der Waals surface area contributed by atoms with Crippen molar-refractivity contribution >= 4 is 56.9 Å². The summed E-state index contributed by atoms with van der Waals surface area (Å²) < 4.78 is 0.549. The summed E-state index contributed by atoms with van der Waals surface area (Å²) in [6.07, 6.45) is 0. The van der Waals surface area contributed by atoms with Gasteiger partial charge in [0.25, 0.3) is 0 Å². The highest BCUT2D eigenvalue weighted by Gasteiger charge is 2.10. The molecular formula is C13H8BrCl2NO2S. The molecule has 0 atom stereocenters. The van der Waals surface area contributed by atoms with Gasteiger partial charge in [-0.3, -0.25) is 0 Å². The van der Waals surface area contributed by atoms with Crippen molar-refractivity contribution in [3.63, 3.8) is 0 Å². The minimum Gasteiger partial charge on any atom is -0.478 e. The fraction of sp³-hybridized carbons (Fsp3) is 0.0769. The van der Waals surface area contributed by atoms with Crippen LogP contribution in [0, 0.1) is 0 Å². The Bertz CT molecular complexity index is 667. The van der Waals surface area contributed by atoms with E-state index in [0.717, 1.165) is 4.90 Å². The molecule has 2 aromatic rings. The fourth-order valence-electron chi connectivity index (χ4n) is 1.47. The van der Waals surface area contributed by atoms with Gasteiger partial charge in [-0.15, -0.1) is 11.8 Å².